The van der Waals surface area contributed by atoms with Gasteiger partial charge in [-0.3, -0.25) is 4.79 Å². The Morgan fingerprint density at radius 3 is 2.56 bits per heavy atom. The summed E-state index contributed by atoms with van der Waals surface area (Å²) in [5.41, 5.74) is 5.39. The lowest BCUT2D eigenvalue weighted by molar-refractivity contribution is -0.121. The van der Waals surface area contributed by atoms with Gasteiger partial charge in [0.05, 0.1) is 11.0 Å². The molecule has 1 amide bonds. The molecule has 5 nitrogen and oxygen atoms in total. The molecule has 1 aliphatic rings. The third kappa shape index (κ3) is 5.45. The van der Waals surface area contributed by atoms with Gasteiger partial charge in [0.15, 0.2) is 0 Å². The van der Waals surface area contributed by atoms with E-state index in [1.54, 1.807) is 6.07 Å². The van der Waals surface area contributed by atoms with Crippen molar-refractivity contribution in [2.75, 3.05) is 26.2 Å². The Labute approximate surface area is 199 Å². The standard InChI is InChI=1S/C25H30Cl2N4O/c1-17-13-22-23(14-18(17)2)31(11-7-25(32)28-8-12-30-9-3-4-10-30)24(29-22)15-19-5-6-20(26)16-21(19)27/h5-6,13-14,16H,3-4,7-12,15H2,1-2H3,(H,28,32). The average Bonchev–Trinajstić information content (AvgIpc) is 3.37. The zero-order chi connectivity index (χ0) is 22.7. The molecule has 0 unspecified atom stereocenters. The number of benzene rings is 2. The number of likely N-dealkylation sites (tertiary alicyclic amines) is 1. The molecule has 0 aliphatic carbocycles. The average molecular weight is 473 g/mol. The van der Waals surface area contributed by atoms with E-state index in [4.69, 9.17) is 28.2 Å². The number of imidazole rings is 1. The van der Waals surface area contributed by atoms with E-state index in [2.05, 4.69) is 40.8 Å². The molecule has 32 heavy (non-hydrogen) atoms. The van der Waals surface area contributed by atoms with Gasteiger partial charge >= 0.3 is 0 Å². The number of carbonyl (C=O) groups is 1. The number of aryl methyl sites for hydroxylation is 3. The summed E-state index contributed by atoms with van der Waals surface area (Å²) in [4.78, 5) is 19.8. The highest BCUT2D eigenvalue weighted by Gasteiger charge is 2.16. The van der Waals surface area contributed by atoms with E-state index in [0.29, 0.717) is 36.0 Å². The molecule has 7 heteroatoms. The Kier molecular flexibility index (Phi) is 7.39. The summed E-state index contributed by atoms with van der Waals surface area (Å²) in [5, 5.41) is 4.32. The molecule has 1 fully saturated rings. The second-order valence-corrected chi connectivity index (χ2v) is 9.51. The van der Waals surface area contributed by atoms with Crippen molar-refractivity contribution in [1.29, 1.82) is 0 Å². The van der Waals surface area contributed by atoms with Crippen LogP contribution in [-0.4, -0.2) is 46.5 Å². The summed E-state index contributed by atoms with van der Waals surface area (Å²) >= 11 is 12.5. The highest BCUT2D eigenvalue weighted by atomic mass is 35.5. The van der Waals surface area contributed by atoms with Gasteiger partial charge in [0.1, 0.15) is 5.82 Å². The van der Waals surface area contributed by atoms with Crippen LogP contribution in [0.4, 0.5) is 0 Å². The number of hydrogen-bond acceptors (Lipinski definition) is 3. The fourth-order valence-corrected chi connectivity index (χ4v) is 4.79. The van der Waals surface area contributed by atoms with Gasteiger partial charge in [-0.15, -0.1) is 0 Å². The fraction of sp³-hybridized carbons (Fsp3) is 0.440. The van der Waals surface area contributed by atoms with E-state index in [1.165, 1.54) is 24.0 Å². The molecule has 1 N–H and O–H groups in total. The number of nitrogens with zero attached hydrogens (tertiary/aromatic N) is 3. The fourth-order valence-electron chi connectivity index (χ4n) is 4.31. The Hall–Kier alpha value is -2.08. The van der Waals surface area contributed by atoms with Gasteiger partial charge in [-0.2, -0.15) is 0 Å². The first-order chi connectivity index (χ1) is 15.4. The van der Waals surface area contributed by atoms with Crippen molar-refractivity contribution in [2.24, 2.45) is 0 Å². The molecule has 1 aliphatic heterocycles. The normalized spacial score (nSPS) is 14.4. The van der Waals surface area contributed by atoms with Gasteiger partial charge in [-0.05, 0) is 80.7 Å². The zero-order valence-corrected chi connectivity index (χ0v) is 20.3. The van der Waals surface area contributed by atoms with Crippen molar-refractivity contribution >= 4 is 40.1 Å². The van der Waals surface area contributed by atoms with Gasteiger partial charge in [0, 0.05) is 42.5 Å². The van der Waals surface area contributed by atoms with Crippen molar-refractivity contribution in [3.8, 4) is 0 Å². The summed E-state index contributed by atoms with van der Waals surface area (Å²) in [7, 11) is 0. The van der Waals surface area contributed by atoms with Crippen molar-refractivity contribution in [3.05, 3.63) is 62.9 Å². The predicted octanol–water partition coefficient (Wildman–Crippen LogP) is 5.15. The van der Waals surface area contributed by atoms with Crippen LogP contribution < -0.4 is 5.32 Å². The minimum absolute atomic E-state index is 0.0744. The molecule has 0 radical (unpaired) electrons. The lowest BCUT2D eigenvalue weighted by Crippen LogP contribution is -2.33. The molecular weight excluding hydrogens is 443 g/mol. The summed E-state index contributed by atoms with van der Waals surface area (Å²) in [6, 6.07) is 9.82. The Balaban J connectivity index is 1.50. The molecule has 2 heterocycles. The van der Waals surface area contributed by atoms with Crippen LogP contribution in [0.3, 0.4) is 0 Å². The Bertz CT molecular complexity index is 1120. The van der Waals surface area contributed by atoms with E-state index in [0.717, 1.165) is 42.1 Å². The molecule has 0 spiro atoms. The lowest BCUT2D eigenvalue weighted by Gasteiger charge is -2.15. The van der Waals surface area contributed by atoms with Crippen LogP contribution in [0.5, 0.6) is 0 Å². The maximum absolute atomic E-state index is 12.5. The number of fused-ring (bicyclic) bond motifs is 1. The van der Waals surface area contributed by atoms with Gasteiger partial charge in [-0.25, -0.2) is 4.98 Å². The summed E-state index contributed by atoms with van der Waals surface area (Å²) in [6.45, 7) is 8.70. The minimum Gasteiger partial charge on any atom is -0.355 e. The van der Waals surface area contributed by atoms with Crippen molar-refractivity contribution in [3.63, 3.8) is 0 Å². The van der Waals surface area contributed by atoms with Crippen LogP contribution in [0.1, 0.15) is 41.8 Å². The van der Waals surface area contributed by atoms with Crippen LogP contribution in [0, 0.1) is 13.8 Å². The molecule has 4 rings (SSSR count). The van der Waals surface area contributed by atoms with Gasteiger partial charge in [0.25, 0.3) is 0 Å². The first-order valence-corrected chi connectivity index (χ1v) is 12.1. The van der Waals surface area contributed by atoms with Crippen molar-refractivity contribution in [1.82, 2.24) is 19.8 Å². The van der Waals surface area contributed by atoms with Crippen LogP contribution in [-0.2, 0) is 17.8 Å². The van der Waals surface area contributed by atoms with Gasteiger partial charge in [0.2, 0.25) is 5.91 Å². The first-order valence-electron chi connectivity index (χ1n) is 11.3. The number of aromatic nitrogens is 2. The maximum atomic E-state index is 12.5. The summed E-state index contributed by atoms with van der Waals surface area (Å²) in [6.07, 6.45) is 3.53. The summed E-state index contributed by atoms with van der Waals surface area (Å²) in [5.74, 6) is 0.976. The van der Waals surface area contributed by atoms with Crippen LogP contribution in [0.2, 0.25) is 10.0 Å². The largest absolute Gasteiger partial charge is 0.355 e. The molecule has 0 atom stereocenters. The molecule has 0 saturated carbocycles. The van der Waals surface area contributed by atoms with Crippen LogP contribution in [0.25, 0.3) is 11.0 Å². The molecule has 170 valence electrons. The zero-order valence-electron chi connectivity index (χ0n) is 18.8. The SMILES string of the molecule is Cc1cc2nc(Cc3ccc(Cl)cc3Cl)n(CCC(=O)NCCN3CCCC3)c2cc1C. The number of rotatable bonds is 8. The lowest BCUT2D eigenvalue weighted by atomic mass is 10.1. The monoisotopic (exact) mass is 472 g/mol. The molecule has 1 aromatic heterocycles. The summed E-state index contributed by atoms with van der Waals surface area (Å²) < 4.78 is 2.16. The van der Waals surface area contributed by atoms with Crippen LogP contribution >= 0.6 is 23.2 Å². The number of carbonyl (C=O) groups excluding carboxylic acids is 1. The van der Waals surface area contributed by atoms with Gasteiger partial charge < -0.3 is 14.8 Å². The first kappa shape index (κ1) is 23.1. The third-order valence-electron chi connectivity index (χ3n) is 6.32. The van der Waals surface area contributed by atoms with E-state index in [-0.39, 0.29) is 5.91 Å². The maximum Gasteiger partial charge on any atom is 0.221 e. The highest BCUT2D eigenvalue weighted by molar-refractivity contribution is 6.35. The molecule has 2 aromatic carbocycles. The number of halogens is 2. The van der Waals surface area contributed by atoms with E-state index < -0.39 is 0 Å². The molecule has 0 bridgehead atoms. The van der Waals surface area contributed by atoms with E-state index in [9.17, 15) is 4.79 Å². The Morgan fingerprint density at radius 1 is 1.06 bits per heavy atom. The second kappa shape index (κ2) is 10.2. The van der Waals surface area contributed by atoms with Gasteiger partial charge in [-0.1, -0.05) is 29.3 Å². The van der Waals surface area contributed by atoms with Crippen molar-refractivity contribution in [2.45, 2.75) is 46.1 Å². The number of amides is 1. The minimum atomic E-state index is 0.0744. The molecule has 1 saturated heterocycles. The molecule has 3 aromatic rings. The highest BCUT2D eigenvalue weighted by Crippen LogP contribution is 2.26. The third-order valence-corrected chi connectivity index (χ3v) is 6.90. The smallest absolute Gasteiger partial charge is 0.221 e. The topological polar surface area (TPSA) is 50.2 Å². The molecular formula is C25H30Cl2N4O. The predicted molar refractivity (Wildman–Crippen MR) is 132 cm³/mol. The Morgan fingerprint density at radius 2 is 1.81 bits per heavy atom. The van der Waals surface area contributed by atoms with Crippen molar-refractivity contribution < 1.29 is 4.79 Å². The van der Waals surface area contributed by atoms with E-state index in [1.807, 2.05) is 12.1 Å². The number of hydrogen-bond donors (Lipinski definition) is 1. The van der Waals surface area contributed by atoms with Crippen LogP contribution in [0.15, 0.2) is 30.3 Å². The van der Waals surface area contributed by atoms with E-state index >= 15 is 0 Å². The number of nitrogens with one attached hydrogen (secondary N) is 1. The quantitative estimate of drug-likeness (QED) is 0.492. The second-order valence-electron chi connectivity index (χ2n) is 8.67.